The molecule has 0 aromatic heterocycles. The Morgan fingerprint density at radius 3 is 2.27 bits per heavy atom. The van der Waals surface area contributed by atoms with E-state index >= 15 is 0 Å². The maximum atomic E-state index is 8.35. The summed E-state index contributed by atoms with van der Waals surface area (Å²) in [5.74, 6) is 0. The first-order valence-electron chi connectivity index (χ1n) is 3.50. The van der Waals surface area contributed by atoms with E-state index in [-0.39, 0.29) is 6.61 Å². The summed E-state index contributed by atoms with van der Waals surface area (Å²) in [6.07, 6.45) is 11.0. The van der Waals surface area contributed by atoms with Gasteiger partial charge >= 0.3 is 0 Å². The minimum atomic E-state index is 0.0894. The van der Waals surface area contributed by atoms with Gasteiger partial charge in [-0.15, -0.1) is 0 Å². The van der Waals surface area contributed by atoms with Gasteiger partial charge in [-0.1, -0.05) is 36.5 Å². The first-order valence-corrected chi connectivity index (χ1v) is 3.50. The first-order chi connectivity index (χ1) is 5.41. The number of hydrogen-bond donors (Lipinski definition) is 1. The Morgan fingerprint density at radius 1 is 1.09 bits per heavy atom. The summed E-state index contributed by atoms with van der Waals surface area (Å²) in [5, 5.41) is 8.35. The summed E-state index contributed by atoms with van der Waals surface area (Å²) in [6.45, 7) is 0.722. The molecule has 0 aromatic carbocycles. The SMILES string of the molecule is COCC=CC=CC=CCO. The fraction of sp³-hybridized carbons (Fsp3) is 0.333. The normalized spacial score (nSPS) is 12.5. The molecule has 0 saturated heterocycles. The number of methoxy groups -OCH3 is 1. The summed E-state index contributed by atoms with van der Waals surface area (Å²) in [7, 11) is 1.65. The molecule has 0 atom stereocenters. The van der Waals surface area contributed by atoms with Crippen LogP contribution in [0.5, 0.6) is 0 Å². The van der Waals surface area contributed by atoms with E-state index in [4.69, 9.17) is 9.84 Å². The number of allylic oxidation sites excluding steroid dienone is 4. The van der Waals surface area contributed by atoms with Crippen LogP contribution >= 0.6 is 0 Å². The number of ether oxygens (including phenoxy) is 1. The van der Waals surface area contributed by atoms with E-state index in [0.29, 0.717) is 6.61 Å². The quantitative estimate of drug-likeness (QED) is 0.605. The van der Waals surface area contributed by atoms with Crippen LogP contribution in [-0.4, -0.2) is 25.4 Å². The highest BCUT2D eigenvalue weighted by Gasteiger charge is 1.67. The minimum Gasteiger partial charge on any atom is -0.392 e. The van der Waals surface area contributed by atoms with Crippen molar-refractivity contribution in [1.82, 2.24) is 0 Å². The van der Waals surface area contributed by atoms with Crippen molar-refractivity contribution in [3.05, 3.63) is 36.5 Å². The van der Waals surface area contributed by atoms with Crippen molar-refractivity contribution in [2.45, 2.75) is 0 Å². The van der Waals surface area contributed by atoms with Gasteiger partial charge in [0, 0.05) is 7.11 Å². The topological polar surface area (TPSA) is 29.5 Å². The smallest absolute Gasteiger partial charge is 0.0646 e. The van der Waals surface area contributed by atoms with E-state index in [1.165, 1.54) is 0 Å². The van der Waals surface area contributed by atoms with Gasteiger partial charge in [0.15, 0.2) is 0 Å². The zero-order valence-corrected chi connectivity index (χ0v) is 6.73. The molecule has 0 aliphatic carbocycles. The van der Waals surface area contributed by atoms with Crippen molar-refractivity contribution in [1.29, 1.82) is 0 Å². The van der Waals surface area contributed by atoms with Crippen LogP contribution < -0.4 is 0 Å². The largest absolute Gasteiger partial charge is 0.392 e. The van der Waals surface area contributed by atoms with Crippen LogP contribution in [0.25, 0.3) is 0 Å². The van der Waals surface area contributed by atoms with Gasteiger partial charge in [0.25, 0.3) is 0 Å². The molecule has 1 N–H and O–H groups in total. The standard InChI is InChI=1S/C9H14O2/c1-11-9-7-5-3-2-4-6-8-10/h2-7,10H,8-9H2,1H3. The average molecular weight is 154 g/mol. The van der Waals surface area contributed by atoms with Gasteiger partial charge in [-0.25, -0.2) is 0 Å². The summed E-state index contributed by atoms with van der Waals surface area (Å²) in [6, 6.07) is 0. The number of rotatable bonds is 5. The molecule has 0 bridgehead atoms. The van der Waals surface area contributed by atoms with E-state index in [2.05, 4.69) is 0 Å². The summed E-state index contributed by atoms with van der Waals surface area (Å²) in [4.78, 5) is 0. The van der Waals surface area contributed by atoms with Crippen molar-refractivity contribution < 1.29 is 9.84 Å². The number of aliphatic hydroxyl groups excluding tert-OH is 1. The van der Waals surface area contributed by atoms with Crippen LogP contribution in [0.3, 0.4) is 0 Å². The van der Waals surface area contributed by atoms with Gasteiger partial charge in [-0.2, -0.15) is 0 Å². The lowest BCUT2D eigenvalue weighted by Gasteiger charge is -1.83. The van der Waals surface area contributed by atoms with Crippen molar-refractivity contribution in [3.8, 4) is 0 Å². The summed E-state index contributed by atoms with van der Waals surface area (Å²) in [5.41, 5.74) is 0. The molecule has 0 aliphatic rings. The minimum absolute atomic E-state index is 0.0894. The highest BCUT2D eigenvalue weighted by atomic mass is 16.5. The Labute approximate surface area is 67.5 Å². The second-order valence-electron chi connectivity index (χ2n) is 1.88. The van der Waals surface area contributed by atoms with Crippen molar-refractivity contribution in [2.24, 2.45) is 0 Å². The molecule has 0 aromatic rings. The van der Waals surface area contributed by atoms with Crippen LogP contribution in [-0.2, 0) is 4.74 Å². The number of aliphatic hydroxyl groups is 1. The lowest BCUT2D eigenvalue weighted by molar-refractivity contribution is 0.234. The second-order valence-corrected chi connectivity index (χ2v) is 1.88. The Morgan fingerprint density at radius 2 is 1.73 bits per heavy atom. The molecule has 2 nitrogen and oxygen atoms in total. The molecule has 0 saturated carbocycles. The Balaban J connectivity index is 3.35. The summed E-state index contributed by atoms with van der Waals surface area (Å²) < 4.78 is 4.79. The molecular formula is C9H14O2. The molecule has 62 valence electrons. The maximum absolute atomic E-state index is 8.35. The molecule has 0 radical (unpaired) electrons. The van der Waals surface area contributed by atoms with Crippen LogP contribution in [0.1, 0.15) is 0 Å². The van der Waals surface area contributed by atoms with Crippen molar-refractivity contribution >= 4 is 0 Å². The third-order valence-corrected chi connectivity index (χ3v) is 0.974. The third kappa shape index (κ3) is 9.14. The van der Waals surface area contributed by atoms with Gasteiger partial charge < -0.3 is 9.84 Å². The molecular weight excluding hydrogens is 140 g/mol. The van der Waals surface area contributed by atoms with E-state index in [0.717, 1.165) is 0 Å². The lowest BCUT2D eigenvalue weighted by atomic mass is 10.4. The maximum Gasteiger partial charge on any atom is 0.0646 e. The zero-order valence-electron chi connectivity index (χ0n) is 6.73. The van der Waals surface area contributed by atoms with Crippen LogP contribution in [0, 0.1) is 0 Å². The van der Waals surface area contributed by atoms with E-state index in [9.17, 15) is 0 Å². The van der Waals surface area contributed by atoms with E-state index in [1.807, 2.05) is 24.3 Å². The fourth-order valence-electron chi connectivity index (χ4n) is 0.498. The molecule has 11 heavy (non-hydrogen) atoms. The molecule has 0 unspecified atom stereocenters. The predicted molar refractivity (Wildman–Crippen MR) is 46.4 cm³/mol. The van der Waals surface area contributed by atoms with Gasteiger partial charge in [-0.05, 0) is 0 Å². The van der Waals surface area contributed by atoms with E-state index in [1.54, 1.807) is 19.3 Å². The van der Waals surface area contributed by atoms with Gasteiger partial charge in [0.1, 0.15) is 0 Å². The molecule has 0 aliphatic heterocycles. The third-order valence-electron chi connectivity index (χ3n) is 0.974. The van der Waals surface area contributed by atoms with Gasteiger partial charge in [0.2, 0.25) is 0 Å². The molecule has 0 spiro atoms. The molecule has 0 heterocycles. The van der Waals surface area contributed by atoms with Gasteiger partial charge in [-0.3, -0.25) is 0 Å². The predicted octanol–water partition coefficient (Wildman–Crippen LogP) is 1.29. The summed E-state index contributed by atoms with van der Waals surface area (Å²) >= 11 is 0. The second kappa shape index (κ2) is 9.14. The monoisotopic (exact) mass is 154 g/mol. The Kier molecular flexibility index (Phi) is 8.43. The highest BCUT2D eigenvalue weighted by Crippen LogP contribution is 1.80. The molecule has 2 heteroatoms. The fourth-order valence-corrected chi connectivity index (χ4v) is 0.498. The van der Waals surface area contributed by atoms with Crippen LogP contribution in [0.2, 0.25) is 0 Å². The Hall–Kier alpha value is -0.860. The average Bonchev–Trinajstić information content (AvgIpc) is 2.03. The molecule has 0 fully saturated rings. The molecule has 0 amide bonds. The zero-order chi connectivity index (χ0) is 8.36. The van der Waals surface area contributed by atoms with Crippen molar-refractivity contribution in [3.63, 3.8) is 0 Å². The van der Waals surface area contributed by atoms with Crippen molar-refractivity contribution in [2.75, 3.05) is 20.3 Å². The highest BCUT2D eigenvalue weighted by molar-refractivity contribution is 5.10. The lowest BCUT2D eigenvalue weighted by Crippen LogP contribution is -1.78. The van der Waals surface area contributed by atoms with Crippen LogP contribution in [0.15, 0.2) is 36.5 Å². The van der Waals surface area contributed by atoms with Gasteiger partial charge in [0.05, 0.1) is 13.2 Å². The molecule has 0 rings (SSSR count). The first kappa shape index (κ1) is 10.1. The number of hydrogen-bond acceptors (Lipinski definition) is 2. The van der Waals surface area contributed by atoms with Crippen LogP contribution in [0.4, 0.5) is 0 Å². The Bertz CT molecular complexity index is 146. The van der Waals surface area contributed by atoms with E-state index < -0.39 is 0 Å².